The van der Waals surface area contributed by atoms with Crippen molar-refractivity contribution in [2.45, 2.75) is 78.8 Å². The van der Waals surface area contributed by atoms with Crippen LogP contribution in [0.25, 0.3) is 83.9 Å². The van der Waals surface area contributed by atoms with E-state index in [2.05, 4.69) is 55.7 Å². The van der Waals surface area contributed by atoms with Gasteiger partial charge in [-0.15, -0.1) is 23.8 Å². The summed E-state index contributed by atoms with van der Waals surface area (Å²) in [5.74, 6) is -0.222. The van der Waals surface area contributed by atoms with Crippen molar-refractivity contribution in [3.8, 4) is 78.6 Å². The molecular weight excluding hydrogens is 974 g/mol. The number of phenolic OH excluding ortho intramolecular Hbond substituents is 1. The van der Waals surface area contributed by atoms with Gasteiger partial charge >= 0.3 is 0 Å². The molecule has 0 saturated heterocycles. The second-order valence-corrected chi connectivity index (χ2v) is 17.8. The Morgan fingerprint density at radius 3 is 1.98 bits per heavy atom. The molecule has 0 saturated carbocycles. The van der Waals surface area contributed by atoms with E-state index in [1.165, 1.54) is 24.3 Å². The van der Waals surface area contributed by atoms with Gasteiger partial charge in [-0.05, 0) is 92.9 Å². The number of nitrogens with zero attached hydrogens (tertiary/aromatic N) is 3. The number of aromatic nitrogens is 3. The van der Waals surface area contributed by atoms with Crippen molar-refractivity contribution >= 4 is 11.0 Å². The molecule has 0 bridgehead atoms. The molecule has 2 aromatic heterocycles. The third-order valence-electron chi connectivity index (χ3n) is 11.8. The van der Waals surface area contributed by atoms with Crippen molar-refractivity contribution in [3.05, 3.63) is 192 Å². The van der Waals surface area contributed by atoms with E-state index in [1.54, 1.807) is 12.3 Å². The smallest absolute Gasteiger partial charge is 0.148 e. The summed E-state index contributed by atoms with van der Waals surface area (Å²) in [4.78, 5) is 10.3. The maximum Gasteiger partial charge on any atom is 0.148 e. The van der Waals surface area contributed by atoms with Crippen molar-refractivity contribution in [2.75, 3.05) is 0 Å². The van der Waals surface area contributed by atoms with E-state index in [-0.39, 0.29) is 32.4 Å². The van der Waals surface area contributed by atoms with Crippen LogP contribution in [0.2, 0.25) is 0 Å². The van der Waals surface area contributed by atoms with Crippen LogP contribution in [-0.4, -0.2) is 19.6 Å². The predicted octanol–water partition coefficient (Wildman–Crippen LogP) is 16.0. The first-order valence-electron chi connectivity index (χ1n) is 26.5. The zero-order chi connectivity index (χ0) is 53.3. The van der Waals surface area contributed by atoms with E-state index in [9.17, 15) is 5.11 Å². The van der Waals surface area contributed by atoms with E-state index in [4.69, 9.17) is 23.7 Å². The molecule has 9 aromatic rings. The molecule has 328 valence electrons. The van der Waals surface area contributed by atoms with Gasteiger partial charge in [0.2, 0.25) is 0 Å². The molecule has 0 aliphatic heterocycles. The fourth-order valence-corrected chi connectivity index (χ4v) is 8.47. The summed E-state index contributed by atoms with van der Waals surface area (Å²) < 4.78 is 85.0. The zero-order valence-corrected chi connectivity index (χ0v) is 39.5. The maximum atomic E-state index is 12.3. The largest absolute Gasteiger partial charge is 0.507 e. The fourth-order valence-electron chi connectivity index (χ4n) is 8.47. The predicted molar refractivity (Wildman–Crippen MR) is 268 cm³/mol. The van der Waals surface area contributed by atoms with Crippen LogP contribution in [0.1, 0.15) is 97.0 Å². The molecule has 4 nitrogen and oxygen atoms in total. The molecule has 0 amide bonds. The minimum atomic E-state index is -3.38. The van der Waals surface area contributed by atoms with Crippen LogP contribution in [0.15, 0.2) is 164 Å². The topological polar surface area (TPSA) is 50.9 Å². The van der Waals surface area contributed by atoms with Gasteiger partial charge in [-0.3, -0.25) is 9.55 Å². The van der Waals surface area contributed by atoms with E-state index in [0.29, 0.717) is 44.9 Å². The number of aryl methyl sites for hydroxylation is 1. The molecule has 1 N–H and O–H groups in total. The van der Waals surface area contributed by atoms with Gasteiger partial charge < -0.3 is 5.11 Å². The Morgan fingerprint density at radius 1 is 0.631 bits per heavy atom. The summed E-state index contributed by atoms with van der Waals surface area (Å²) in [6.07, 6.45) is 1.64. The summed E-state index contributed by atoms with van der Waals surface area (Å²) in [5, 5.41) is 12.3. The molecule has 0 aliphatic rings. The summed E-state index contributed by atoms with van der Waals surface area (Å²) in [6.45, 7) is 1.84. The van der Waals surface area contributed by atoms with Crippen molar-refractivity contribution in [1.82, 2.24) is 14.5 Å². The van der Waals surface area contributed by atoms with Crippen LogP contribution in [0.3, 0.4) is 0 Å². The van der Waals surface area contributed by atoms with Gasteiger partial charge in [0.25, 0.3) is 0 Å². The van der Waals surface area contributed by atoms with Crippen molar-refractivity contribution in [1.29, 1.82) is 0 Å². The van der Waals surface area contributed by atoms with Crippen LogP contribution in [-0.2, 0) is 31.9 Å². The normalized spacial score (nSPS) is 14.9. The Hall–Kier alpha value is -6.35. The summed E-state index contributed by atoms with van der Waals surface area (Å²) in [7, 11) is 0. The van der Waals surface area contributed by atoms with Crippen LogP contribution >= 0.6 is 0 Å². The summed E-state index contributed by atoms with van der Waals surface area (Å²) in [6, 6.07) is 53.2. The average Bonchev–Trinajstić information content (AvgIpc) is 3.73. The molecule has 9 rings (SSSR count). The Kier molecular flexibility index (Phi) is 9.38. The van der Waals surface area contributed by atoms with Crippen LogP contribution < -0.4 is 0 Å². The molecule has 2 heterocycles. The number of hydrogen-bond acceptors (Lipinski definition) is 3. The first-order chi connectivity index (χ1) is 34.7. The molecule has 0 fully saturated rings. The van der Waals surface area contributed by atoms with Crippen molar-refractivity contribution < 1.29 is 39.9 Å². The Balaban J connectivity index is 0.00000747. The zero-order valence-electron chi connectivity index (χ0n) is 47.2. The number of para-hydroxylation sites is 1. The molecule has 65 heavy (non-hydrogen) atoms. The van der Waals surface area contributed by atoms with Gasteiger partial charge in [0.15, 0.2) is 0 Å². The van der Waals surface area contributed by atoms with E-state index >= 15 is 0 Å². The molecule has 7 aromatic carbocycles. The summed E-state index contributed by atoms with van der Waals surface area (Å²) >= 11 is 0. The van der Waals surface area contributed by atoms with Gasteiger partial charge in [-0.2, -0.15) is 0 Å². The Morgan fingerprint density at radius 2 is 1.31 bits per heavy atom. The Labute approximate surface area is 413 Å². The number of phenols is 1. The monoisotopic (exact) mass is 1040 g/mol. The maximum absolute atomic E-state index is 12.3. The van der Waals surface area contributed by atoms with Gasteiger partial charge in [0, 0.05) is 57.8 Å². The number of benzene rings is 7. The number of fused-ring (bicyclic) bond motifs is 1. The van der Waals surface area contributed by atoms with Crippen LogP contribution in [0, 0.1) is 13.0 Å². The minimum Gasteiger partial charge on any atom is -0.507 e. The molecule has 0 atom stereocenters. The second-order valence-electron chi connectivity index (χ2n) is 17.8. The van der Waals surface area contributed by atoms with Crippen molar-refractivity contribution in [2.24, 2.45) is 0 Å². The van der Waals surface area contributed by atoms with Gasteiger partial charge in [0.1, 0.15) is 11.6 Å². The third kappa shape index (κ3) is 9.02. The quantitative estimate of drug-likeness (QED) is 0.154. The molecule has 0 spiro atoms. The first-order valence-corrected chi connectivity index (χ1v) is 21.5. The van der Waals surface area contributed by atoms with E-state index in [0.717, 1.165) is 55.7 Å². The number of aromatic hydroxyl groups is 1. The van der Waals surface area contributed by atoms with Gasteiger partial charge in [-0.25, -0.2) is 4.98 Å². The third-order valence-corrected chi connectivity index (χ3v) is 11.8. The van der Waals surface area contributed by atoms with E-state index in [1.807, 2.05) is 124 Å². The first kappa shape index (κ1) is 34.1. The number of pyridine rings is 1. The van der Waals surface area contributed by atoms with Crippen molar-refractivity contribution in [3.63, 3.8) is 0 Å². The van der Waals surface area contributed by atoms with Crippen LogP contribution in [0.5, 0.6) is 5.75 Å². The molecular formula is C60H56N3OPt-. The Bertz CT molecular complexity index is 3520. The SMILES string of the molecule is [2H]C(C)(C)c1ccc(-n2c(-c3cc(C)cc(C(C)(C)C)c3O)nc3c(-c4[c-]c(-c5cc(-c6ccc(C(C([2H])([2H])[2H])(C([2H])([2H])[2H])C([2H])([2H])[2H])cc6)ccn5)cc(-c5ccccc5)c4)cccc32)c(-c2ccccc2)c1.[Pt]. The molecule has 5 heteroatoms. The number of rotatable bonds is 8. The fraction of sp³-hybridized carbons (Fsp3) is 0.200. The molecule has 0 radical (unpaired) electrons. The standard InChI is InChI=1S/C60H56N3O.Pt/c1-38(2)43-25-28-54(50(36-43)42-19-14-11-15-20-42)63-55-22-16-21-49(56(55)62-58(63)51-31-39(3)32-52(57(51)64)60(7,8)9)46-33-45(40-17-12-10-13-18-40)34-47(35-46)53-37-44(29-30-61-53)41-23-26-48(27-24-41)59(4,5)6;/h10-34,36-38,64H,1-9H3;/q-1;/i4D3,5D3,6D3,38D;. The average molecular weight is 1040 g/mol. The van der Waals surface area contributed by atoms with Gasteiger partial charge in [0.05, 0.1) is 22.3 Å². The second kappa shape index (κ2) is 17.9. The van der Waals surface area contributed by atoms with Crippen LogP contribution in [0.4, 0.5) is 0 Å². The molecule has 0 aliphatic carbocycles. The number of hydrogen-bond donors (Lipinski definition) is 1. The molecule has 0 unspecified atom stereocenters. The summed E-state index contributed by atoms with van der Waals surface area (Å²) in [5.41, 5.74) is 9.14. The van der Waals surface area contributed by atoms with Gasteiger partial charge in [-0.1, -0.05) is 187 Å². The van der Waals surface area contributed by atoms with E-state index < -0.39 is 37.3 Å². The number of imidazole rings is 1. The minimum absolute atomic E-state index is 0.